The lowest BCUT2D eigenvalue weighted by Crippen LogP contribution is -1.91. The maximum atomic E-state index is 13.1. The minimum atomic E-state index is -2.32. The quantitative estimate of drug-likeness (QED) is 0.705. The van der Waals surface area contributed by atoms with Crippen LogP contribution in [0.5, 0.6) is 0 Å². The molecule has 0 heterocycles. The Morgan fingerprint density at radius 2 is 2.08 bits per heavy atom. The second-order valence-corrected chi connectivity index (χ2v) is 5.53. The highest BCUT2D eigenvalue weighted by molar-refractivity contribution is 7.92. The molecule has 1 rings (SSSR count). The highest BCUT2D eigenvalue weighted by atomic mass is 32.2. The molecule has 5 heteroatoms. The largest absolute Gasteiger partial charge is 0.399 e. The van der Waals surface area contributed by atoms with Gasteiger partial charge in [0.25, 0.3) is 0 Å². The van der Waals surface area contributed by atoms with Gasteiger partial charge in [-0.05, 0) is 18.2 Å². The van der Waals surface area contributed by atoms with E-state index in [4.69, 9.17) is 5.73 Å². The van der Waals surface area contributed by atoms with Crippen LogP contribution in [0, 0.1) is 5.82 Å². The summed E-state index contributed by atoms with van der Waals surface area (Å²) in [4.78, 5) is 0. The van der Waals surface area contributed by atoms with Crippen molar-refractivity contribution in [2.45, 2.75) is 0 Å². The van der Waals surface area contributed by atoms with Crippen molar-refractivity contribution in [1.29, 1.82) is 0 Å². The van der Waals surface area contributed by atoms with Crippen molar-refractivity contribution in [2.75, 3.05) is 18.2 Å². The molecule has 1 aromatic rings. The zero-order valence-corrected chi connectivity index (χ0v) is 8.27. The summed E-state index contributed by atoms with van der Waals surface area (Å²) in [5.74, 6) is -0.545. The molecule has 13 heavy (non-hydrogen) atoms. The van der Waals surface area contributed by atoms with Crippen LogP contribution in [-0.2, 0) is 9.73 Å². The summed E-state index contributed by atoms with van der Waals surface area (Å²) in [6.45, 7) is 0. The number of hydrogen-bond acceptors (Lipinski definition) is 3. The summed E-state index contributed by atoms with van der Waals surface area (Å²) in [6, 6.07) is 4.09. The Labute approximate surface area is 76.9 Å². The van der Waals surface area contributed by atoms with Crippen LogP contribution in [0.2, 0.25) is 0 Å². The summed E-state index contributed by atoms with van der Waals surface area (Å²) < 4.78 is 28.0. The number of anilines is 1. The van der Waals surface area contributed by atoms with Crippen LogP contribution in [0.1, 0.15) is 0 Å². The van der Waals surface area contributed by atoms with Gasteiger partial charge in [-0.2, -0.15) is 4.36 Å². The van der Waals surface area contributed by atoms with Crippen molar-refractivity contribution < 1.29 is 8.60 Å². The number of rotatable bonds is 1. The van der Waals surface area contributed by atoms with Gasteiger partial charge in [-0.25, -0.2) is 8.60 Å². The Bertz CT molecular complexity index is 428. The number of halogens is 1. The number of nitrogen functional groups attached to an aromatic ring is 1. The topological polar surface area (TPSA) is 55.5 Å². The van der Waals surface area contributed by atoms with E-state index in [1.807, 2.05) is 0 Å². The lowest BCUT2D eigenvalue weighted by molar-refractivity contribution is 0.630. The summed E-state index contributed by atoms with van der Waals surface area (Å²) in [5, 5.41) is 0. The first-order valence-corrected chi connectivity index (χ1v) is 5.94. The highest BCUT2D eigenvalue weighted by Gasteiger charge is 2.01. The van der Waals surface area contributed by atoms with E-state index in [2.05, 4.69) is 4.36 Å². The molecule has 0 saturated heterocycles. The van der Waals surface area contributed by atoms with Crippen LogP contribution >= 0.6 is 0 Å². The van der Waals surface area contributed by atoms with Crippen LogP contribution in [0.4, 0.5) is 15.8 Å². The third kappa shape index (κ3) is 3.02. The second kappa shape index (κ2) is 3.33. The van der Waals surface area contributed by atoms with Crippen molar-refractivity contribution in [1.82, 2.24) is 0 Å². The molecule has 0 spiro atoms. The van der Waals surface area contributed by atoms with E-state index in [0.717, 1.165) is 6.07 Å². The third-order valence-electron chi connectivity index (χ3n) is 1.29. The van der Waals surface area contributed by atoms with Gasteiger partial charge in [0.05, 0.1) is 0 Å². The molecule has 1 aromatic carbocycles. The van der Waals surface area contributed by atoms with Crippen molar-refractivity contribution in [3.05, 3.63) is 24.0 Å². The predicted octanol–water partition coefficient (Wildman–Crippen LogP) is 1.77. The molecule has 0 aliphatic heterocycles. The minimum Gasteiger partial charge on any atom is -0.399 e. The normalized spacial score (nSPS) is 11.3. The molecule has 0 unspecified atom stereocenters. The molecule has 0 atom stereocenters. The number of nitrogens with zero attached hydrogens (tertiary/aromatic N) is 1. The Kier molecular flexibility index (Phi) is 2.56. The second-order valence-electron chi connectivity index (χ2n) is 2.98. The van der Waals surface area contributed by atoms with E-state index in [1.54, 1.807) is 0 Å². The van der Waals surface area contributed by atoms with Crippen molar-refractivity contribution >= 4 is 21.1 Å². The first-order valence-electron chi connectivity index (χ1n) is 3.61. The van der Waals surface area contributed by atoms with Crippen molar-refractivity contribution in [3.63, 3.8) is 0 Å². The fourth-order valence-electron chi connectivity index (χ4n) is 0.834. The lowest BCUT2D eigenvalue weighted by atomic mass is 10.3. The standard InChI is InChI=1S/C8H11FN2OS/c1-13(2,12)11-8-4-3-6(10)5-7(8)9/h3-5H,10H2,1-2H3. The Balaban J connectivity index is 3.26. The Morgan fingerprint density at radius 1 is 1.46 bits per heavy atom. The van der Waals surface area contributed by atoms with Gasteiger partial charge in [0.2, 0.25) is 0 Å². The van der Waals surface area contributed by atoms with Crippen LogP contribution in [0.15, 0.2) is 22.6 Å². The van der Waals surface area contributed by atoms with Gasteiger partial charge in [-0.3, -0.25) is 0 Å². The maximum Gasteiger partial charge on any atom is 0.151 e. The van der Waals surface area contributed by atoms with Gasteiger partial charge in [0.15, 0.2) is 5.82 Å². The average molecular weight is 202 g/mol. The smallest absolute Gasteiger partial charge is 0.151 e. The Hall–Kier alpha value is -1.10. The van der Waals surface area contributed by atoms with Crippen LogP contribution in [0.3, 0.4) is 0 Å². The molecule has 72 valence electrons. The number of benzene rings is 1. The van der Waals surface area contributed by atoms with Gasteiger partial charge in [0, 0.05) is 27.9 Å². The summed E-state index contributed by atoms with van der Waals surface area (Å²) in [5.41, 5.74) is 5.75. The van der Waals surface area contributed by atoms with Crippen LogP contribution < -0.4 is 5.73 Å². The maximum absolute atomic E-state index is 13.1. The number of nitrogens with two attached hydrogens (primary N) is 1. The van der Waals surface area contributed by atoms with Crippen molar-refractivity contribution in [2.24, 2.45) is 4.36 Å². The van der Waals surface area contributed by atoms with E-state index in [9.17, 15) is 8.60 Å². The molecular formula is C8H11FN2OS. The zero-order chi connectivity index (χ0) is 10.1. The summed E-state index contributed by atoms with van der Waals surface area (Å²) >= 11 is 0. The van der Waals surface area contributed by atoms with E-state index < -0.39 is 15.5 Å². The summed E-state index contributed by atoms with van der Waals surface area (Å²) in [6.07, 6.45) is 2.89. The molecule has 3 nitrogen and oxygen atoms in total. The van der Waals surface area contributed by atoms with E-state index in [1.165, 1.54) is 24.6 Å². The molecule has 0 bridgehead atoms. The number of hydrogen-bond donors (Lipinski definition) is 1. The van der Waals surface area contributed by atoms with Gasteiger partial charge < -0.3 is 5.73 Å². The van der Waals surface area contributed by atoms with E-state index >= 15 is 0 Å². The fourth-order valence-corrected chi connectivity index (χ4v) is 1.46. The molecule has 0 radical (unpaired) electrons. The van der Waals surface area contributed by atoms with Gasteiger partial charge in [-0.1, -0.05) is 0 Å². The minimum absolute atomic E-state index is 0.0872. The van der Waals surface area contributed by atoms with E-state index in [-0.39, 0.29) is 5.69 Å². The molecule has 0 amide bonds. The molecular weight excluding hydrogens is 191 g/mol. The molecule has 0 aromatic heterocycles. The van der Waals surface area contributed by atoms with Crippen LogP contribution in [-0.4, -0.2) is 16.7 Å². The molecule has 0 fully saturated rings. The van der Waals surface area contributed by atoms with Gasteiger partial charge >= 0.3 is 0 Å². The Morgan fingerprint density at radius 3 is 2.54 bits per heavy atom. The fraction of sp³-hybridized carbons (Fsp3) is 0.250. The molecule has 2 N–H and O–H groups in total. The van der Waals surface area contributed by atoms with Crippen molar-refractivity contribution in [3.8, 4) is 0 Å². The first kappa shape index (κ1) is 9.98. The van der Waals surface area contributed by atoms with Gasteiger partial charge in [-0.15, -0.1) is 0 Å². The zero-order valence-electron chi connectivity index (χ0n) is 7.45. The predicted molar refractivity (Wildman–Crippen MR) is 52.9 cm³/mol. The SMILES string of the molecule is CS(C)(=O)=Nc1ccc(N)cc1F. The van der Waals surface area contributed by atoms with Gasteiger partial charge in [0.1, 0.15) is 5.69 Å². The molecule has 0 aliphatic rings. The summed E-state index contributed by atoms with van der Waals surface area (Å²) in [7, 11) is -2.32. The highest BCUT2D eigenvalue weighted by Crippen LogP contribution is 2.20. The average Bonchev–Trinajstić information content (AvgIpc) is 1.93. The van der Waals surface area contributed by atoms with E-state index in [0.29, 0.717) is 5.69 Å². The first-order chi connectivity index (χ1) is 5.88. The third-order valence-corrected chi connectivity index (χ3v) is 1.93. The van der Waals surface area contributed by atoms with Crippen LogP contribution in [0.25, 0.3) is 0 Å². The lowest BCUT2D eigenvalue weighted by Gasteiger charge is -1.99. The molecule has 0 saturated carbocycles. The molecule has 0 aliphatic carbocycles. The monoisotopic (exact) mass is 202 g/mol.